The lowest BCUT2D eigenvalue weighted by Gasteiger charge is -2.33. The molecule has 1 aliphatic heterocycles. The van der Waals surface area contributed by atoms with E-state index in [1.807, 2.05) is 37.7 Å². The summed E-state index contributed by atoms with van der Waals surface area (Å²) < 4.78 is 37.5. The third-order valence-electron chi connectivity index (χ3n) is 7.57. The number of anilines is 1. The molecule has 232 valence electrons. The lowest BCUT2D eigenvalue weighted by molar-refractivity contribution is -0.114. The number of nitrogens with one attached hydrogen (secondary N) is 1. The molecule has 3 aromatic heterocycles. The van der Waals surface area contributed by atoms with Crippen LogP contribution in [0.1, 0.15) is 46.6 Å². The first kappa shape index (κ1) is 29.9. The highest BCUT2D eigenvalue weighted by Gasteiger charge is 2.28. The van der Waals surface area contributed by atoms with Gasteiger partial charge in [0, 0.05) is 60.9 Å². The number of nitrogens with zero attached hydrogens (tertiary/aromatic N) is 6. The highest BCUT2D eigenvalue weighted by atomic mass is 19.1. The number of likely N-dealkylation sites (tertiary alicyclic amines) is 1. The van der Waals surface area contributed by atoms with Gasteiger partial charge in [0.05, 0.1) is 17.9 Å². The molecule has 45 heavy (non-hydrogen) atoms. The lowest BCUT2D eigenvalue weighted by atomic mass is 10.0. The van der Waals surface area contributed by atoms with Crippen molar-refractivity contribution >= 4 is 28.9 Å². The smallest absolute Gasteiger partial charge is 0.410 e. The van der Waals surface area contributed by atoms with Gasteiger partial charge in [0.25, 0.3) is 0 Å². The van der Waals surface area contributed by atoms with Crippen LogP contribution >= 0.6 is 0 Å². The minimum absolute atomic E-state index is 0.157. The zero-order chi connectivity index (χ0) is 31.9. The fourth-order valence-electron chi connectivity index (χ4n) is 5.48. The fourth-order valence-corrected chi connectivity index (χ4v) is 5.48. The van der Waals surface area contributed by atoms with Crippen molar-refractivity contribution in [2.24, 2.45) is 0 Å². The third-order valence-corrected chi connectivity index (χ3v) is 7.57. The Balaban J connectivity index is 1.24. The molecule has 10 nitrogen and oxygen atoms in total. The SMILES string of the molecule is CC(=O)Nc1cc(-c2ccc(F)cc2F)cc(-n2cnc3cc(-c4cnn(C5CCN(C(=O)OC(C)(C)C)CC5)c4)cnc32)c1. The molecule has 0 radical (unpaired) electrons. The Hall–Kier alpha value is -5.13. The standard InChI is InChI=1S/C33H33F2N7O3/c1-20(43)39-25-11-21(28-6-5-24(34)14-29(28)35)12-27(15-25)41-19-37-30-13-22(16-36-31(30)41)23-17-38-42(18-23)26-7-9-40(10-8-26)32(44)45-33(2,3)4/h5-6,11-19,26H,7-10H2,1-4H3,(H,39,43). The minimum atomic E-state index is -0.715. The summed E-state index contributed by atoms with van der Waals surface area (Å²) in [7, 11) is 0. The van der Waals surface area contributed by atoms with Crippen molar-refractivity contribution in [1.82, 2.24) is 29.2 Å². The Kier molecular flexibility index (Phi) is 7.81. The average Bonchev–Trinajstić information content (AvgIpc) is 3.63. The monoisotopic (exact) mass is 613 g/mol. The number of pyridine rings is 1. The molecule has 0 unspecified atom stereocenters. The van der Waals surface area contributed by atoms with Crippen molar-refractivity contribution in [3.63, 3.8) is 0 Å². The molecule has 4 heterocycles. The number of piperidine rings is 1. The summed E-state index contributed by atoms with van der Waals surface area (Å²) in [5.74, 6) is -1.68. The van der Waals surface area contributed by atoms with Gasteiger partial charge in [0.15, 0.2) is 5.65 Å². The van der Waals surface area contributed by atoms with Gasteiger partial charge in [-0.1, -0.05) is 0 Å². The largest absolute Gasteiger partial charge is 0.444 e. The molecule has 12 heteroatoms. The van der Waals surface area contributed by atoms with Gasteiger partial charge < -0.3 is 15.0 Å². The molecule has 2 aromatic carbocycles. The number of fused-ring (bicyclic) bond motifs is 1. The van der Waals surface area contributed by atoms with Gasteiger partial charge in [0.1, 0.15) is 29.1 Å². The minimum Gasteiger partial charge on any atom is -0.444 e. The molecule has 1 N–H and O–H groups in total. The summed E-state index contributed by atoms with van der Waals surface area (Å²) >= 11 is 0. The Morgan fingerprint density at radius 1 is 0.956 bits per heavy atom. The first-order valence-corrected chi connectivity index (χ1v) is 14.7. The maximum atomic E-state index is 14.7. The molecule has 0 saturated carbocycles. The second kappa shape index (κ2) is 11.8. The van der Waals surface area contributed by atoms with E-state index in [4.69, 9.17) is 9.72 Å². The lowest BCUT2D eigenvalue weighted by Crippen LogP contribution is -2.42. The second-order valence-corrected chi connectivity index (χ2v) is 12.2. The van der Waals surface area contributed by atoms with Crippen LogP contribution in [0.25, 0.3) is 39.1 Å². The molecule has 1 aliphatic rings. The molecular weight excluding hydrogens is 580 g/mol. The molecule has 5 aromatic rings. The zero-order valence-electron chi connectivity index (χ0n) is 25.4. The van der Waals surface area contributed by atoms with Crippen LogP contribution in [-0.4, -0.2) is 59.9 Å². The van der Waals surface area contributed by atoms with E-state index in [1.54, 1.807) is 46.4 Å². The number of carbonyl (C=O) groups is 2. The summed E-state index contributed by atoms with van der Waals surface area (Å²) in [5, 5.41) is 7.35. The third kappa shape index (κ3) is 6.54. The van der Waals surface area contributed by atoms with Crippen molar-refractivity contribution in [2.75, 3.05) is 18.4 Å². The summed E-state index contributed by atoms with van der Waals surface area (Å²) in [5.41, 5.74) is 4.07. The van der Waals surface area contributed by atoms with Crippen molar-refractivity contribution in [1.29, 1.82) is 0 Å². The van der Waals surface area contributed by atoms with Gasteiger partial charge in [-0.3, -0.25) is 14.0 Å². The van der Waals surface area contributed by atoms with Crippen LogP contribution in [-0.2, 0) is 9.53 Å². The molecule has 0 spiro atoms. The number of hydrogen-bond acceptors (Lipinski definition) is 6. The molecule has 0 aliphatic carbocycles. The number of aromatic nitrogens is 5. The Bertz CT molecular complexity index is 1900. The number of imidazole rings is 1. The van der Waals surface area contributed by atoms with Crippen LogP contribution in [0.15, 0.2) is 67.4 Å². The normalized spacial score (nSPS) is 14.1. The highest BCUT2D eigenvalue weighted by molar-refractivity contribution is 5.90. The van der Waals surface area contributed by atoms with Crippen molar-refractivity contribution in [3.05, 3.63) is 79.0 Å². The van der Waals surface area contributed by atoms with Crippen LogP contribution in [0.4, 0.5) is 19.3 Å². The summed E-state index contributed by atoms with van der Waals surface area (Å²) in [6.45, 7) is 8.16. The number of amides is 2. The van der Waals surface area contributed by atoms with Crippen LogP contribution in [0, 0.1) is 11.6 Å². The van der Waals surface area contributed by atoms with E-state index in [2.05, 4.69) is 15.4 Å². The predicted molar refractivity (Wildman–Crippen MR) is 166 cm³/mol. The van der Waals surface area contributed by atoms with Crippen LogP contribution < -0.4 is 5.32 Å². The van der Waals surface area contributed by atoms with Crippen molar-refractivity contribution in [3.8, 4) is 27.9 Å². The van der Waals surface area contributed by atoms with E-state index in [-0.39, 0.29) is 23.6 Å². The molecule has 0 atom stereocenters. The highest BCUT2D eigenvalue weighted by Crippen LogP contribution is 2.32. The number of carbonyl (C=O) groups excluding carboxylic acids is 2. The Morgan fingerprint density at radius 2 is 1.73 bits per heavy atom. The van der Waals surface area contributed by atoms with Gasteiger partial charge in [-0.05, 0) is 75.6 Å². The fraction of sp³-hybridized carbons (Fsp3) is 0.303. The van der Waals surface area contributed by atoms with Crippen molar-refractivity contribution in [2.45, 2.75) is 52.2 Å². The van der Waals surface area contributed by atoms with E-state index in [9.17, 15) is 18.4 Å². The van der Waals surface area contributed by atoms with Gasteiger partial charge in [-0.2, -0.15) is 5.10 Å². The Labute approximate surface area is 258 Å². The van der Waals surface area contributed by atoms with Crippen molar-refractivity contribution < 1.29 is 23.1 Å². The first-order chi connectivity index (χ1) is 21.4. The first-order valence-electron chi connectivity index (χ1n) is 14.7. The number of ether oxygens (including phenoxy) is 1. The average molecular weight is 614 g/mol. The molecule has 2 amide bonds. The topological polar surface area (TPSA) is 107 Å². The van der Waals surface area contributed by atoms with E-state index >= 15 is 0 Å². The summed E-state index contributed by atoms with van der Waals surface area (Å²) in [4.78, 5) is 35.3. The van der Waals surface area contributed by atoms with Gasteiger partial charge in [0.2, 0.25) is 5.91 Å². The molecule has 1 fully saturated rings. The van der Waals surface area contributed by atoms with Gasteiger partial charge in [-0.25, -0.2) is 23.5 Å². The van der Waals surface area contributed by atoms with E-state index in [0.29, 0.717) is 41.2 Å². The van der Waals surface area contributed by atoms with E-state index < -0.39 is 17.2 Å². The maximum absolute atomic E-state index is 14.7. The maximum Gasteiger partial charge on any atom is 0.410 e. The molecular formula is C33H33F2N7O3. The molecule has 0 bridgehead atoms. The van der Waals surface area contributed by atoms with Crippen LogP contribution in [0.5, 0.6) is 0 Å². The number of hydrogen-bond donors (Lipinski definition) is 1. The number of rotatable bonds is 5. The summed E-state index contributed by atoms with van der Waals surface area (Å²) in [6.07, 6.45) is 8.37. The van der Waals surface area contributed by atoms with Crippen LogP contribution in [0.2, 0.25) is 0 Å². The van der Waals surface area contributed by atoms with Crippen LogP contribution in [0.3, 0.4) is 0 Å². The quantitative estimate of drug-likeness (QED) is 0.235. The Morgan fingerprint density at radius 3 is 2.44 bits per heavy atom. The molecule has 6 rings (SSSR count). The predicted octanol–water partition coefficient (Wildman–Crippen LogP) is 6.76. The number of halogens is 2. The van der Waals surface area contributed by atoms with Gasteiger partial charge in [-0.15, -0.1) is 0 Å². The zero-order valence-corrected chi connectivity index (χ0v) is 25.4. The van der Waals surface area contributed by atoms with E-state index in [1.165, 1.54) is 19.1 Å². The second-order valence-electron chi connectivity index (χ2n) is 12.2. The molecule has 1 saturated heterocycles. The number of benzene rings is 2. The summed E-state index contributed by atoms with van der Waals surface area (Å²) in [6, 6.07) is 10.6. The van der Waals surface area contributed by atoms with Gasteiger partial charge >= 0.3 is 6.09 Å². The van der Waals surface area contributed by atoms with E-state index in [0.717, 1.165) is 30.0 Å².